The third-order valence-electron chi connectivity index (χ3n) is 10.6. The Kier molecular flexibility index (Phi) is 7.55. The van der Waals surface area contributed by atoms with Crippen molar-refractivity contribution >= 4 is 60.2 Å². The minimum absolute atomic E-state index is 1.11. The van der Waals surface area contributed by atoms with Crippen LogP contribution in [0.5, 0.6) is 0 Å². The van der Waals surface area contributed by atoms with E-state index >= 15 is 0 Å². The highest BCUT2D eigenvalue weighted by Crippen LogP contribution is 2.43. The number of hydrogen-bond acceptors (Lipinski definition) is 1. The minimum atomic E-state index is 1.11. The first-order chi connectivity index (χ1) is 26.3. The van der Waals surface area contributed by atoms with Crippen LogP contribution < -0.4 is 4.90 Å². The standard InChI is InChI=1S/C52H35N/c1-2-12-37(13-3-1)45-17-8-9-18-47(45)39-26-31-44(32-27-39)53(52-35-41-15-5-7-19-48(41)50-20-10-11-21-51(50)52)43-29-24-36(25-30-43)40-28-33-49-42(34-40)23-22-38-14-4-6-16-46(38)49/h1-35H. The summed E-state index contributed by atoms with van der Waals surface area (Å²) >= 11 is 0. The maximum atomic E-state index is 2.41. The van der Waals surface area contributed by atoms with Gasteiger partial charge in [0.2, 0.25) is 0 Å². The second-order valence-corrected chi connectivity index (χ2v) is 13.7. The summed E-state index contributed by atoms with van der Waals surface area (Å²) in [5.74, 6) is 0. The van der Waals surface area contributed by atoms with E-state index in [-0.39, 0.29) is 0 Å². The van der Waals surface area contributed by atoms with Gasteiger partial charge in [-0.15, -0.1) is 0 Å². The van der Waals surface area contributed by atoms with Crippen LogP contribution in [0.25, 0.3) is 76.5 Å². The Labute approximate surface area is 309 Å². The molecule has 0 saturated heterocycles. The van der Waals surface area contributed by atoms with Crippen LogP contribution in [0, 0.1) is 0 Å². The van der Waals surface area contributed by atoms with Gasteiger partial charge in [-0.25, -0.2) is 0 Å². The molecule has 53 heavy (non-hydrogen) atoms. The number of benzene rings is 10. The molecule has 0 bridgehead atoms. The van der Waals surface area contributed by atoms with E-state index < -0.39 is 0 Å². The van der Waals surface area contributed by atoms with Crippen LogP contribution in [0.15, 0.2) is 212 Å². The Morgan fingerprint density at radius 2 is 0.698 bits per heavy atom. The van der Waals surface area contributed by atoms with Crippen molar-refractivity contribution in [2.24, 2.45) is 0 Å². The molecule has 0 unspecified atom stereocenters. The van der Waals surface area contributed by atoms with Gasteiger partial charge in [-0.3, -0.25) is 0 Å². The second-order valence-electron chi connectivity index (χ2n) is 13.7. The number of rotatable bonds is 6. The van der Waals surface area contributed by atoms with Gasteiger partial charge < -0.3 is 4.90 Å². The quantitative estimate of drug-likeness (QED) is 0.159. The fourth-order valence-corrected chi connectivity index (χ4v) is 8.04. The molecule has 0 aliphatic heterocycles. The van der Waals surface area contributed by atoms with E-state index in [0.717, 1.165) is 17.1 Å². The Morgan fingerprint density at radius 1 is 0.245 bits per heavy atom. The molecule has 0 aromatic heterocycles. The Bertz CT molecular complexity index is 2920. The fourth-order valence-electron chi connectivity index (χ4n) is 8.04. The van der Waals surface area contributed by atoms with Crippen molar-refractivity contribution in [3.05, 3.63) is 212 Å². The predicted octanol–water partition coefficient (Wildman–Crippen LogP) is 14.8. The molecule has 0 saturated carbocycles. The van der Waals surface area contributed by atoms with Gasteiger partial charge in [-0.1, -0.05) is 176 Å². The van der Waals surface area contributed by atoms with Crippen LogP contribution >= 0.6 is 0 Å². The monoisotopic (exact) mass is 673 g/mol. The summed E-state index contributed by atoms with van der Waals surface area (Å²) in [6, 6.07) is 77.2. The average molecular weight is 674 g/mol. The molecule has 0 spiro atoms. The number of anilines is 3. The molecule has 0 radical (unpaired) electrons. The van der Waals surface area contributed by atoms with Crippen LogP contribution in [0.4, 0.5) is 17.1 Å². The van der Waals surface area contributed by atoms with E-state index in [0.29, 0.717) is 0 Å². The number of nitrogens with zero attached hydrogens (tertiary/aromatic N) is 1. The molecule has 1 nitrogen and oxygen atoms in total. The number of hydrogen-bond donors (Lipinski definition) is 0. The maximum Gasteiger partial charge on any atom is 0.0546 e. The first kappa shape index (κ1) is 30.8. The lowest BCUT2D eigenvalue weighted by atomic mass is 9.94. The zero-order valence-corrected chi connectivity index (χ0v) is 29.2. The Morgan fingerprint density at radius 3 is 1.40 bits per heavy atom. The smallest absolute Gasteiger partial charge is 0.0546 e. The third-order valence-corrected chi connectivity index (χ3v) is 10.6. The van der Waals surface area contributed by atoms with Gasteiger partial charge in [0.1, 0.15) is 0 Å². The topological polar surface area (TPSA) is 3.24 Å². The van der Waals surface area contributed by atoms with Crippen molar-refractivity contribution in [3.63, 3.8) is 0 Å². The van der Waals surface area contributed by atoms with E-state index in [1.54, 1.807) is 0 Å². The van der Waals surface area contributed by atoms with Crippen molar-refractivity contribution in [3.8, 4) is 33.4 Å². The van der Waals surface area contributed by atoms with Gasteiger partial charge in [0.15, 0.2) is 0 Å². The highest BCUT2D eigenvalue weighted by Gasteiger charge is 2.18. The first-order valence-electron chi connectivity index (χ1n) is 18.3. The van der Waals surface area contributed by atoms with Gasteiger partial charge in [-0.2, -0.15) is 0 Å². The van der Waals surface area contributed by atoms with Gasteiger partial charge in [0.25, 0.3) is 0 Å². The fraction of sp³-hybridized carbons (Fsp3) is 0. The molecule has 10 aromatic carbocycles. The largest absolute Gasteiger partial charge is 0.310 e. The van der Waals surface area contributed by atoms with Crippen molar-refractivity contribution < 1.29 is 0 Å². The van der Waals surface area contributed by atoms with Crippen LogP contribution in [-0.2, 0) is 0 Å². The van der Waals surface area contributed by atoms with E-state index in [2.05, 4.69) is 217 Å². The van der Waals surface area contributed by atoms with Crippen LogP contribution in [0.1, 0.15) is 0 Å². The summed E-state index contributed by atoms with van der Waals surface area (Å²) < 4.78 is 0. The van der Waals surface area contributed by atoms with Gasteiger partial charge in [0, 0.05) is 16.8 Å². The molecular weight excluding hydrogens is 639 g/mol. The number of fused-ring (bicyclic) bond motifs is 6. The lowest BCUT2D eigenvalue weighted by Crippen LogP contribution is -2.10. The predicted molar refractivity (Wildman–Crippen MR) is 227 cm³/mol. The molecule has 0 amide bonds. The van der Waals surface area contributed by atoms with Crippen molar-refractivity contribution in [2.75, 3.05) is 4.90 Å². The third kappa shape index (κ3) is 5.51. The van der Waals surface area contributed by atoms with E-state index in [4.69, 9.17) is 0 Å². The molecule has 1 heteroatoms. The lowest BCUT2D eigenvalue weighted by molar-refractivity contribution is 1.30. The molecule has 0 fully saturated rings. The summed E-state index contributed by atoms with van der Waals surface area (Å²) in [6.07, 6.45) is 0. The van der Waals surface area contributed by atoms with Crippen molar-refractivity contribution in [1.29, 1.82) is 0 Å². The van der Waals surface area contributed by atoms with E-state index in [1.807, 2.05) is 0 Å². The molecular formula is C52H35N. The molecule has 248 valence electrons. The normalized spacial score (nSPS) is 11.4. The molecule has 0 atom stereocenters. The molecule has 0 heterocycles. The molecule has 0 N–H and O–H groups in total. The SMILES string of the molecule is c1ccc(-c2ccccc2-c2ccc(N(c3ccc(-c4ccc5c(ccc6ccccc65)c4)cc3)c3cc4ccccc4c4ccccc34)cc2)cc1. The van der Waals surface area contributed by atoms with Gasteiger partial charge >= 0.3 is 0 Å². The van der Waals surface area contributed by atoms with Crippen LogP contribution in [-0.4, -0.2) is 0 Å². The average Bonchev–Trinajstić information content (AvgIpc) is 3.24. The summed E-state index contributed by atoms with van der Waals surface area (Å²) in [4.78, 5) is 2.41. The van der Waals surface area contributed by atoms with Crippen molar-refractivity contribution in [2.45, 2.75) is 0 Å². The Balaban J connectivity index is 1.10. The minimum Gasteiger partial charge on any atom is -0.310 e. The van der Waals surface area contributed by atoms with E-state index in [1.165, 1.54) is 76.5 Å². The summed E-state index contributed by atoms with van der Waals surface area (Å²) in [5.41, 5.74) is 10.6. The highest BCUT2D eigenvalue weighted by atomic mass is 15.1. The lowest BCUT2D eigenvalue weighted by Gasteiger charge is -2.28. The summed E-state index contributed by atoms with van der Waals surface area (Å²) in [6.45, 7) is 0. The zero-order valence-electron chi connectivity index (χ0n) is 29.2. The van der Waals surface area contributed by atoms with Crippen LogP contribution in [0.2, 0.25) is 0 Å². The molecule has 0 aliphatic carbocycles. The molecule has 10 rings (SSSR count). The maximum absolute atomic E-state index is 2.41. The Hall–Kier alpha value is -6.96. The van der Waals surface area contributed by atoms with Gasteiger partial charge in [0.05, 0.1) is 5.69 Å². The first-order valence-corrected chi connectivity index (χ1v) is 18.3. The second kappa shape index (κ2) is 13.0. The summed E-state index contributed by atoms with van der Waals surface area (Å²) in [5, 5.41) is 10.1. The van der Waals surface area contributed by atoms with Crippen LogP contribution in [0.3, 0.4) is 0 Å². The highest BCUT2D eigenvalue weighted by molar-refractivity contribution is 6.14. The summed E-state index contributed by atoms with van der Waals surface area (Å²) in [7, 11) is 0. The zero-order chi connectivity index (χ0) is 35.1. The van der Waals surface area contributed by atoms with Crippen molar-refractivity contribution in [1.82, 2.24) is 0 Å². The molecule has 10 aromatic rings. The van der Waals surface area contributed by atoms with E-state index in [9.17, 15) is 0 Å². The molecule has 0 aliphatic rings. The van der Waals surface area contributed by atoms with Gasteiger partial charge in [-0.05, 0) is 107 Å².